The van der Waals surface area contributed by atoms with E-state index in [0.29, 0.717) is 17.0 Å². The van der Waals surface area contributed by atoms with Crippen molar-refractivity contribution in [1.29, 1.82) is 0 Å². The van der Waals surface area contributed by atoms with Crippen molar-refractivity contribution in [2.75, 3.05) is 0 Å². The van der Waals surface area contributed by atoms with Crippen molar-refractivity contribution in [3.05, 3.63) is 82.9 Å². The van der Waals surface area contributed by atoms with E-state index in [4.69, 9.17) is 0 Å². The predicted molar refractivity (Wildman–Crippen MR) is 119 cm³/mol. The molecule has 0 saturated heterocycles. The Balaban J connectivity index is 1.41. The summed E-state index contributed by atoms with van der Waals surface area (Å²) in [6.45, 7) is 3.85. The van der Waals surface area contributed by atoms with Crippen LogP contribution in [0.1, 0.15) is 67.2 Å². The van der Waals surface area contributed by atoms with Crippen LogP contribution in [0, 0.1) is 41.2 Å². The molecule has 1 fully saturated rings. The summed E-state index contributed by atoms with van der Waals surface area (Å²) in [5.74, 6) is 7.71. The van der Waals surface area contributed by atoms with Gasteiger partial charge in [-0.1, -0.05) is 30.8 Å². The van der Waals surface area contributed by atoms with Crippen LogP contribution < -0.4 is 0 Å². The van der Waals surface area contributed by atoms with Crippen LogP contribution in [-0.2, 0) is 12.8 Å². The molecule has 2 aliphatic rings. The molecule has 0 aromatic heterocycles. The number of hydrogen-bond donors (Lipinski definition) is 0. The van der Waals surface area contributed by atoms with Gasteiger partial charge in [0.2, 0.25) is 0 Å². The van der Waals surface area contributed by atoms with Crippen molar-refractivity contribution in [2.45, 2.75) is 57.8 Å². The van der Waals surface area contributed by atoms with Gasteiger partial charge in [0.05, 0.1) is 5.56 Å². The van der Waals surface area contributed by atoms with Crippen molar-refractivity contribution in [2.24, 2.45) is 17.8 Å². The summed E-state index contributed by atoms with van der Waals surface area (Å²) >= 11 is 0. The molecule has 1 saturated carbocycles. The molecule has 2 aromatic carbocycles. The minimum Gasteiger partial charge on any atom is -0.207 e. The van der Waals surface area contributed by atoms with Gasteiger partial charge in [0.1, 0.15) is 11.6 Å². The van der Waals surface area contributed by atoms with Crippen molar-refractivity contribution in [3.8, 4) is 11.8 Å². The van der Waals surface area contributed by atoms with Crippen molar-refractivity contribution in [1.82, 2.24) is 0 Å². The molecule has 0 amide bonds. The molecule has 1 atom stereocenters. The molecule has 4 rings (SSSR count). The van der Waals surface area contributed by atoms with Gasteiger partial charge >= 0.3 is 0 Å². The van der Waals surface area contributed by atoms with Crippen LogP contribution in [0.3, 0.4) is 0 Å². The minimum absolute atomic E-state index is 0.239. The third-order valence-electron chi connectivity index (χ3n) is 7.08. The molecule has 0 nitrogen and oxygen atoms in total. The van der Waals surface area contributed by atoms with E-state index in [-0.39, 0.29) is 11.6 Å². The lowest BCUT2D eigenvalue weighted by atomic mass is 9.69. The Kier molecular flexibility index (Phi) is 6.68. The number of allylic oxidation sites excluding steroid dienone is 1. The molecule has 0 radical (unpaired) electrons. The van der Waals surface area contributed by atoms with Gasteiger partial charge in [0, 0.05) is 5.56 Å². The van der Waals surface area contributed by atoms with E-state index in [1.165, 1.54) is 61.8 Å². The second-order valence-corrected chi connectivity index (χ2v) is 9.01. The first-order valence-corrected chi connectivity index (χ1v) is 11.3. The average Bonchev–Trinajstić information content (AvgIpc) is 2.77. The van der Waals surface area contributed by atoms with Crippen LogP contribution in [0.5, 0.6) is 0 Å². The first kappa shape index (κ1) is 20.9. The lowest BCUT2D eigenvalue weighted by Gasteiger charge is -2.36. The van der Waals surface area contributed by atoms with E-state index in [2.05, 4.69) is 18.4 Å². The van der Waals surface area contributed by atoms with E-state index in [9.17, 15) is 8.78 Å². The second-order valence-electron chi connectivity index (χ2n) is 9.01. The number of halogens is 2. The molecule has 0 aliphatic heterocycles. The molecule has 2 aromatic rings. The molecule has 0 heterocycles. The van der Waals surface area contributed by atoms with E-state index in [1.807, 2.05) is 12.1 Å². The Labute approximate surface area is 179 Å². The van der Waals surface area contributed by atoms with Crippen LogP contribution in [-0.4, -0.2) is 0 Å². The summed E-state index contributed by atoms with van der Waals surface area (Å²) in [7, 11) is 0. The lowest BCUT2D eigenvalue weighted by molar-refractivity contribution is 0.185. The predicted octanol–water partition coefficient (Wildman–Crippen LogP) is 7.24. The Hall–Kier alpha value is -2.40. The summed E-state index contributed by atoms with van der Waals surface area (Å²) in [5.41, 5.74) is 3.55. The molecule has 0 spiro atoms. The Morgan fingerprint density at radius 1 is 0.900 bits per heavy atom. The van der Waals surface area contributed by atoms with Gasteiger partial charge in [-0.05, 0) is 110 Å². The second kappa shape index (κ2) is 9.61. The van der Waals surface area contributed by atoms with Gasteiger partial charge in [0.25, 0.3) is 0 Å². The normalized spacial score (nSPS) is 23.2. The van der Waals surface area contributed by atoms with E-state index >= 15 is 0 Å². The summed E-state index contributed by atoms with van der Waals surface area (Å²) in [5, 5.41) is 0. The topological polar surface area (TPSA) is 0 Å². The highest BCUT2D eigenvalue weighted by Gasteiger charge is 2.30. The van der Waals surface area contributed by atoms with Crippen LogP contribution in [0.4, 0.5) is 8.78 Å². The Morgan fingerprint density at radius 3 is 2.40 bits per heavy atom. The van der Waals surface area contributed by atoms with Gasteiger partial charge in [-0.3, -0.25) is 0 Å². The SMILES string of the molecule is C=CCCC1CCC(C2CCc3cc(C#Cc4ccc(F)cc4)c(F)cc3C2)CC1. The van der Waals surface area contributed by atoms with Gasteiger partial charge < -0.3 is 0 Å². The maximum absolute atomic E-state index is 14.7. The summed E-state index contributed by atoms with van der Waals surface area (Å²) < 4.78 is 27.7. The molecular formula is C28H30F2. The quantitative estimate of drug-likeness (QED) is 0.372. The average molecular weight is 405 g/mol. The smallest absolute Gasteiger partial charge is 0.139 e. The fraction of sp³-hybridized carbons (Fsp3) is 0.429. The summed E-state index contributed by atoms with van der Waals surface area (Å²) in [4.78, 5) is 0. The molecule has 0 N–H and O–H groups in total. The van der Waals surface area contributed by atoms with Crippen LogP contribution in [0.25, 0.3) is 0 Å². The Morgan fingerprint density at radius 2 is 1.67 bits per heavy atom. The zero-order valence-electron chi connectivity index (χ0n) is 17.6. The number of hydrogen-bond acceptors (Lipinski definition) is 0. The first-order valence-electron chi connectivity index (χ1n) is 11.3. The fourth-order valence-electron chi connectivity index (χ4n) is 5.28. The van der Waals surface area contributed by atoms with Crippen LogP contribution >= 0.6 is 0 Å². The van der Waals surface area contributed by atoms with Crippen molar-refractivity contribution >= 4 is 0 Å². The standard InChI is InChI=1S/C28H30F2/c1-2-3-4-20-5-10-22(11-6-20)23-13-14-24-17-25(28(30)19-26(24)18-23)12-7-21-8-15-27(29)16-9-21/h2,8-9,15-17,19-20,22-23H,1,3-6,10-11,13-14,18H2. The van der Waals surface area contributed by atoms with E-state index < -0.39 is 0 Å². The van der Waals surface area contributed by atoms with Crippen LogP contribution in [0.15, 0.2) is 49.1 Å². The van der Waals surface area contributed by atoms with Gasteiger partial charge in [-0.2, -0.15) is 0 Å². The lowest BCUT2D eigenvalue weighted by Crippen LogP contribution is -2.26. The van der Waals surface area contributed by atoms with Crippen LogP contribution in [0.2, 0.25) is 0 Å². The number of aryl methyl sites for hydroxylation is 1. The third-order valence-corrected chi connectivity index (χ3v) is 7.08. The highest BCUT2D eigenvalue weighted by Crippen LogP contribution is 2.41. The van der Waals surface area contributed by atoms with Gasteiger partial charge in [-0.15, -0.1) is 6.58 Å². The number of benzene rings is 2. The fourth-order valence-corrected chi connectivity index (χ4v) is 5.28. The number of fused-ring (bicyclic) bond motifs is 1. The highest BCUT2D eigenvalue weighted by atomic mass is 19.1. The van der Waals surface area contributed by atoms with Crippen molar-refractivity contribution in [3.63, 3.8) is 0 Å². The number of rotatable bonds is 4. The zero-order chi connectivity index (χ0) is 20.9. The van der Waals surface area contributed by atoms with E-state index in [0.717, 1.165) is 31.1 Å². The maximum atomic E-state index is 14.7. The molecule has 2 heteroatoms. The zero-order valence-corrected chi connectivity index (χ0v) is 17.6. The molecule has 156 valence electrons. The molecular weight excluding hydrogens is 374 g/mol. The molecule has 0 bridgehead atoms. The van der Waals surface area contributed by atoms with Gasteiger partial charge in [0.15, 0.2) is 0 Å². The molecule has 2 aliphatic carbocycles. The molecule has 1 unspecified atom stereocenters. The first-order chi connectivity index (χ1) is 14.6. The minimum atomic E-state index is -0.291. The van der Waals surface area contributed by atoms with E-state index in [1.54, 1.807) is 18.2 Å². The Bertz CT molecular complexity index is 937. The largest absolute Gasteiger partial charge is 0.207 e. The molecule has 30 heavy (non-hydrogen) atoms. The van der Waals surface area contributed by atoms with Crippen molar-refractivity contribution < 1.29 is 8.78 Å². The summed E-state index contributed by atoms with van der Waals surface area (Å²) in [6.07, 6.45) is 13.0. The maximum Gasteiger partial charge on any atom is 0.139 e. The van der Waals surface area contributed by atoms with Gasteiger partial charge in [-0.25, -0.2) is 8.78 Å². The monoisotopic (exact) mass is 404 g/mol. The summed E-state index contributed by atoms with van der Waals surface area (Å²) in [6, 6.07) is 9.64. The third kappa shape index (κ3) is 5.01. The highest BCUT2D eigenvalue weighted by molar-refractivity contribution is 5.47.